The number of ketones is 1. The van der Waals surface area contributed by atoms with Crippen molar-refractivity contribution in [1.82, 2.24) is 15.2 Å². The number of hydrogen-bond acceptors (Lipinski definition) is 5. The molecule has 0 bridgehead atoms. The Labute approximate surface area is 108 Å². The maximum absolute atomic E-state index is 11.7. The van der Waals surface area contributed by atoms with E-state index in [9.17, 15) is 4.79 Å². The van der Waals surface area contributed by atoms with Gasteiger partial charge in [0.2, 0.25) is 5.95 Å². The number of rotatable bonds is 3. The lowest BCUT2D eigenvalue weighted by atomic mass is 9.90. The second-order valence-corrected chi connectivity index (χ2v) is 5.19. The predicted molar refractivity (Wildman–Crippen MR) is 69.4 cm³/mol. The Morgan fingerprint density at radius 3 is 3.11 bits per heavy atom. The van der Waals surface area contributed by atoms with Crippen LogP contribution < -0.4 is 5.32 Å². The van der Waals surface area contributed by atoms with E-state index in [1.807, 2.05) is 11.4 Å². The minimum atomic E-state index is 0.154. The number of allylic oxidation sites excluding steroid dienone is 2. The number of carbonyl (C=O) groups excluding carboxylic acids is 1. The van der Waals surface area contributed by atoms with Gasteiger partial charge in [0, 0.05) is 29.0 Å². The third kappa shape index (κ3) is 2.33. The molecule has 0 aromatic carbocycles. The summed E-state index contributed by atoms with van der Waals surface area (Å²) in [6.07, 6.45) is 4.51. The van der Waals surface area contributed by atoms with Crippen molar-refractivity contribution in [3.05, 3.63) is 40.5 Å². The molecular formula is C12H12N4OS. The molecule has 5 nitrogen and oxygen atoms in total. The van der Waals surface area contributed by atoms with E-state index >= 15 is 0 Å². The Hall–Kier alpha value is -1.95. The molecule has 2 heterocycles. The number of aromatic nitrogens is 3. The van der Waals surface area contributed by atoms with Crippen LogP contribution in [0.25, 0.3) is 0 Å². The fourth-order valence-corrected chi connectivity index (χ4v) is 2.95. The van der Waals surface area contributed by atoms with E-state index in [1.165, 1.54) is 11.2 Å². The Balaban J connectivity index is 1.77. The van der Waals surface area contributed by atoms with Crippen LogP contribution >= 0.6 is 11.3 Å². The van der Waals surface area contributed by atoms with Gasteiger partial charge in [-0.2, -0.15) is 10.1 Å². The molecule has 2 aromatic heterocycles. The van der Waals surface area contributed by atoms with Gasteiger partial charge in [0.1, 0.15) is 6.33 Å². The lowest BCUT2D eigenvalue weighted by Crippen LogP contribution is -2.16. The molecule has 18 heavy (non-hydrogen) atoms. The summed E-state index contributed by atoms with van der Waals surface area (Å²) in [5.41, 5.74) is 0.890. The highest BCUT2D eigenvalue weighted by Crippen LogP contribution is 2.33. The largest absolute Gasteiger partial charge is 0.328 e. The molecule has 0 spiro atoms. The molecule has 1 aliphatic rings. The van der Waals surface area contributed by atoms with Gasteiger partial charge in [-0.15, -0.1) is 11.3 Å². The monoisotopic (exact) mass is 260 g/mol. The first-order chi connectivity index (χ1) is 8.81. The first kappa shape index (κ1) is 11.2. The Bertz CT molecular complexity index is 559. The zero-order valence-electron chi connectivity index (χ0n) is 9.59. The molecule has 0 aliphatic heterocycles. The zero-order valence-corrected chi connectivity index (χ0v) is 10.4. The van der Waals surface area contributed by atoms with Crippen LogP contribution in [-0.2, 0) is 4.79 Å². The highest BCUT2D eigenvalue weighted by molar-refractivity contribution is 7.10. The second kappa shape index (κ2) is 4.73. The van der Waals surface area contributed by atoms with Crippen LogP contribution in [-0.4, -0.2) is 21.0 Å². The number of anilines is 1. The van der Waals surface area contributed by atoms with E-state index in [2.05, 4.69) is 26.6 Å². The molecule has 2 aromatic rings. The molecule has 1 atom stereocenters. The minimum absolute atomic E-state index is 0.154. The summed E-state index contributed by atoms with van der Waals surface area (Å²) in [6, 6.07) is 4.10. The van der Waals surface area contributed by atoms with Crippen molar-refractivity contribution < 1.29 is 4.79 Å². The van der Waals surface area contributed by atoms with Gasteiger partial charge in [0.15, 0.2) is 5.78 Å². The molecular weight excluding hydrogens is 248 g/mol. The number of aromatic amines is 1. The molecule has 0 amide bonds. The van der Waals surface area contributed by atoms with Crippen LogP contribution in [0.5, 0.6) is 0 Å². The summed E-state index contributed by atoms with van der Waals surface area (Å²) in [7, 11) is 0. The molecule has 92 valence electrons. The van der Waals surface area contributed by atoms with Crippen molar-refractivity contribution in [2.75, 3.05) is 5.32 Å². The molecule has 1 aliphatic carbocycles. The van der Waals surface area contributed by atoms with Crippen LogP contribution in [0, 0.1) is 0 Å². The molecule has 0 saturated carbocycles. The van der Waals surface area contributed by atoms with Crippen LogP contribution in [0.4, 0.5) is 5.95 Å². The number of nitrogens with zero attached hydrogens (tertiary/aromatic N) is 2. The zero-order chi connectivity index (χ0) is 12.4. The highest BCUT2D eigenvalue weighted by Gasteiger charge is 2.23. The molecule has 6 heteroatoms. The van der Waals surface area contributed by atoms with E-state index in [0.717, 1.165) is 12.1 Å². The molecule has 0 fully saturated rings. The Morgan fingerprint density at radius 2 is 2.39 bits per heavy atom. The average Bonchev–Trinajstić information content (AvgIpc) is 3.00. The quantitative estimate of drug-likeness (QED) is 0.888. The summed E-state index contributed by atoms with van der Waals surface area (Å²) in [4.78, 5) is 17.0. The normalized spacial score (nSPS) is 19.7. The number of thiophene rings is 1. The third-order valence-electron chi connectivity index (χ3n) is 2.89. The van der Waals surface area contributed by atoms with E-state index in [4.69, 9.17) is 0 Å². The van der Waals surface area contributed by atoms with Gasteiger partial charge in [0.05, 0.1) is 0 Å². The Morgan fingerprint density at radius 1 is 1.44 bits per heavy atom. The maximum Gasteiger partial charge on any atom is 0.222 e. The molecule has 0 radical (unpaired) electrons. The summed E-state index contributed by atoms with van der Waals surface area (Å²) in [5, 5.41) is 11.6. The third-order valence-corrected chi connectivity index (χ3v) is 3.92. The highest BCUT2D eigenvalue weighted by atomic mass is 32.1. The van der Waals surface area contributed by atoms with Gasteiger partial charge in [-0.1, -0.05) is 6.07 Å². The average molecular weight is 260 g/mol. The smallest absolute Gasteiger partial charge is 0.222 e. The summed E-state index contributed by atoms with van der Waals surface area (Å²) in [5.74, 6) is 0.996. The van der Waals surface area contributed by atoms with Crippen LogP contribution in [0.1, 0.15) is 23.6 Å². The van der Waals surface area contributed by atoms with Crippen molar-refractivity contribution in [2.45, 2.75) is 18.8 Å². The van der Waals surface area contributed by atoms with E-state index in [-0.39, 0.29) is 11.7 Å². The first-order valence-corrected chi connectivity index (χ1v) is 6.58. The maximum atomic E-state index is 11.7. The number of hydrogen-bond donors (Lipinski definition) is 2. The van der Waals surface area contributed by atoms with Crippen LogP contribution in [0.15, 0.2) is 35.6 Å². The number of H-pyrrole nitrogens is 1. The van der Waals surface area contributed by atoms with E-state index in [1.54, 1.807) is 17.4 Å². The standard InChI is InChI=1S/C12H12N4OS/c17-10-5-8(11-2-1-3-18-11)4-9(6-10)15-12-13-7-14-16-12/h1-3,6-8H,4-5H2,(H2,13,14,15,16)/t8-/m0/s1. The van der Waals surface area contributed by atoms with Crippen molar-refractivity contribution in [3.63, 3.8) is 0 Å². The van der Waals surface area contributed by atoms with Gasteiger partial charge >= 0.3 is 0 Å². The fourth-order valence-electron chi connectivity index (χ4n) is 2.12. The minimum Gasteiger partial charge on any atom is -0.328 e. The van der Waals surface area contributed by atoms with Gasteiger partial charge in [-0.3, -0.25) is 4.79 Å². The first-order valence-electron chi connectivity index (χ1n) is 5.70. The lowest BCUT2D eigenvalue weighted by molar-refractivity contribution is -0.115. The van der Waals surface area contributed by atoms with Crippen LogP contribution in [0.2, 0.25) is 0 Å². The summed E-state index contributed by atoms with van der Waals surface area (Å²) >= 11 is 1.70. The van der Waals surface area contributed by atoms with Crippen molar-refractivity contribution in [3.8, 4) is 0 Å². The van der Waals surface area contributed by atoms with Gasteiger partial charge in [0.25, 0.3) is 0 Å². The van der Waals surface area contributed by atoms with Crippen molar-refractivity contribution in [2.24, 2.45) is 0 Å². The SMILES string of the molecule is O=C1C=C(Nc2ncn[nH]2)C[C@H](c2cccs2)C1. The fraction of sp³-hybridized carbons (Fsp3) is 0.250. The summed E-state index contributed by atoms with van der Waals surface area (Å²) < 4.78 is 0. The number of carbonyl (C=O) groups is 1. The van der Waals surface area contributed by atoms with Gasteiger partial charge < -0.3 is 5.32 Å². The van der Waals surface area contributed by atoms with Gasteiger partial charge in [-0.25, -0.2) is 5.10 Å². The topological polar surface area (TPSA) is 70.7 Å². The van der Waals surface area contributed by atoms with Crippen molar-refractivity contribution in [1.29, 1.82) is 0 Å². The lowest BCUT2D eigenvalue weighted by Gasteiger charge is -2.21. The van der Waals surface area contributed by atoms with E-state index in [0.29, 0.717) is 12.4 Å². The Kier molecular flexibility index (Phi) is 2.93. The van der Waals surface area contributed by atoms with Crippen molar-refractivity contribution >= 4 is 23.1 Å². The second-order valence-electron chi connectivity index (χ2n) is 4.22. The summed E-state index contributed by atoms with van der Waals surface area (Å²) in [6.45, 7) is 0. The molecule has 0 saturated heterocycles. The van der Waals surface area contributed by atoms with Crippen LogP contribution in [0.3, 0.4) is 0 Å². The molecule has 3 rings (SSSR count). The molecule has 0 unspecified atom stereocenters. The predicted octanol–water partition coefficient (Wildman–Crippen LogP) is 2.31. The number of nitrogens with one attached hydrogen (secondary N) is 2. The molecule has 2 N–H and O–H groups in total. The van der Waals surface area contributed by atoms with Gasteiger partial charge in [-0.05, 0) is 17.9 Å². The van der Waals surface area contributed by atoms with E-state index < -0.39 is 0 Å².